The van der Waals surface area contributed by atoms with Gasteiger partial charge in [-0.3, -0.25) is 0 Å². The number of rotatable bonds is 10. The van der Waals surface area contributed by atoms with Crippen molar-refractivity contribution >= 4 is 72.4 Å². The van der Waals surface area contributed by atoms with Gasteiger partial charge in [0.1, 0.15) is 0 Å². The Morgan fingerprint density at radius 3 is 1.07 bits per heavy atom. The second-order valence-corrected chi connectivity index (χ2v) is 23.5. The maximum absolute atomic E-state index is 2.74. The Balaban J connectivity index is 0.940. The third kappa shape index (κ3) is 7.55. The summed E-state index contributed by atoms with van der Waals surface area (Å²) in [5.74, 6) is 0. The molecular formula is C72H50N2Si. The molecule has 0 aliphatic heterocycles. The van der Waals surface area contributed by atoms with Crippen LogP contribution in [0.1, 0.15) is 0 Å². The quantitative estimate of drug-likeness (QED) is 0.0955. The molecule has 0 radical (unpaired) electrons. The van der Waals surface area contributed by atoms with E-state index in [4.69, 9.17) is 0 Å². The van der Waals surface area contributed by atoms with Gasteiger partial charge in [-0.05, 0) is 138 Å². The smallest absolute Gasteiger partial charge is 0.179 e. The van der Waals surface area contributed by atoms with Gasteiger partial charge in [-0.25, -0.2) is 0 Å². The number of hydrogen-bond acceptors (Lipinski definition) is 0. The fourth-order valence-corrected chi connectivity index (χ4v) is 16.8. The predicted molar refractivity (Wildman–Crippen MR) is 320 cm³/mol. The highest BCUT2D eigenvalue weighted by atomic mass is 28.3. The maximum Gasteiger partial charge on any atom is 0.179 e. The number of aromatic nitrogens is 2. The Labute approximate surface area is 438 Å². The van der Waals surface area contributed by atoms with Crippen molar-refractivity contribution in [2.45, 2.75) is 0 Å². The first-order valence-corrected chi connectivity index (χ1v) is 27.9. The lowest BCUT2D eigenvalue weighted by Crippen LogP contribution is -2.74. The van der Waals surface area contributed by atoms with E-state index in [1.807, 2.05) is 0 Å². The molecule has 14 rings (SSSR count). The van der Waals surface area contributed by atoms with E-state index in [0.717, 1.165) is 11.4 Å². The van der Waals surface area contributed by atoms with E-state index in [9.17, 15) is 0 Å². The zero-order valence-corrected chi connectivity index (χ0v) is 42.3. The Hall–Kier alpha value is -9.54. The van der Waals surface area contributed by atoms with Crippen molar-refractivity contribution in [1.29, 1.82) is 0 Å². The molecule has 0 fully saturated rings. The van der Waals surface area contributed by atoms with Crippen molar-refractivity contribution < 1.29 is 0 Å². The van der Waals surface area contributed by atoms with Gasteiger partial charge in [0.15, 0.2) is 8.07 Å². The number of fused-ring (bicyclic) bond motifs is 6. The van der Waals surface area contributed by atoms with Gasteiger partial charge in [-0.1, -0.05) is 231 Å². The van der Waals surface area contributed by atoms with E-state index in [2.05, 4.69) is 312 Å². The first-order valence-electron chi connectivity index (χ1n) is 25.9. The molecule has 0 saturated carbocycles. The van der Waals surface area contributed by atoms with Crippen molar-refractivity contribution in [3.63, 3.8) is 0 Å². The summed E-state index contributed by atoms with van der Waals surface area (Å²) in [6.07, 6.45) is 0. The SMILES string of the molecule is c1ccc(-c2cccc(-c3ccc4c(c3)c3cc(-c5ccc6c(c5)c5ccccc5n6-c5ccccc5)ccc3n4-c3cccc(-c4cccc([Si](c5ccccc5)(c5ccccc5)c5ccccc5)c4)c3)c2)cc1. The highest BCUT2D eigenvalue weighted by molar-refractivity contribution is 7.19. The van der Waals surface area contributed by atoms with E-state index in [0.29, 0.717) is 0 Å². The zero-order chi connectivity index (χ0) is 49.7. The van der Waals surface area contributed by atoms with Crippen molar-refractivity contribution in [2.24, 2.45) is 0 Å². The van der Waals surface area contributed by atoms with Gasteiger partial charge < -0.3 is 9.13 Å². The van der Waals surface area contributed by atoms with Crippen LogP contribution in [0.4, 0.5) is 0 Å². The van der Waals surface area contributed by atoms with Crippen molar-refractivity contribution in [2.75, 3.05) is 0 Å². The summed E-state index contributed by atoms with van der Waals surface area (Å²) in [6, 6.07) is 112. The summed E-state index contributed by atoms with van der Waals surface area (Å²) in [7, 11) is -2.74. The van der Waals surface area contributed by atoms with Gasteiger partial charge in [0.05, 0.1) is 22.1 Å². The third-order valence-corrected chi connectivity index (χ3v) is 20.2. The summed E-state index contributed by atoms with van der Waals surface area (Å²) in [5, 5.41) is 10.4. The highest BCUT2D eigenvalue weighted by Gasteiger charge is 2.41. The molecule has 0 amide bonds. The lowest BCUT2D eigenvalue weighted by Gasteiger charge is -2.34. The summed E-state index contributed by atoms with van der Waals surface area (Å²) in [6.45, 7) is 0. The van der Waals surface area contributed by atoms with Crippen LogP contribution >= 0.6 is 0 Å². The predicted octanol–water partition coefficient (Wildman–Crippen LogP) is 15.9. The highest BCUT2D eigenvalue weighted by Crippen LogP contribution is 2.40. The molecule has 0 spiro atoms. The first kappa shape index (κ1) is 44.2. The Morgan fingerprint density at radius 1 is 0.187 bits per heavy atom. The van der Waals surface area contributed by atoms with Crippen LogP contribution in [-0.4, -0.2) is 17.2 Å². The average molecular weight is 971 g/mol. The molecule has 3 heteroatoms. The third-order valence-electron chi connectivity index (χ3n) is 15.4. The van der Waals surface area contributed by atoms with Gasteiger partial charge in [0, 0.05) is 32.9 Å². The van der Waals surface area contributed by atoms with E-state index in [1.165, 1.54) is 109 Å². The molecule has 0 saturated heterocycles. The Morgan fingerprint density at radius 2 is 0.520 bits per heavy atom. The molecule has 2 aromatic heterocycles. The van der Waals surface area contributed by atoms with Crippen LogP contribution in [0.15, 0.2) is 303 Å². The summed E-state index contributed by atoms with van der Waals surface area (Å²) in [4.78, 5) is 0. The number of hydrogen-bond donors (Lipinski definition) is 0. The topological polar surface area (TPSA) is 9.86 Å². The van der Waals surface area contributed by atoms with Gasteiger partial charge in [0.25, 0.3) is 0 Å². The molecule has 2 heterocycles. The van der Waals surface area contributed by atoms with Crippen LogP contribution in [0.3, 0.4) is 0 Å². The molecule has 0 bridgehead atoms. The largest absolute Gasteiger partial charge is 0.309 e. The van der Waals surface area contributed by atoms with E-state index >= 15 is 0 Å². The molecule has 352 valence electrons. The van der Waals surface area contributed by atoms with Crippen LogP contribution in [0.2, 0.25) is 0 Å². The fraction of sp³-hybridized carbons (Fsp3) is 0. The van der Waals surface area contributed by atoms with Gasteiger partial charge in [0.2, 0.25) is 0 Å². The van der Waals surface area contributed by atoms with Gasteiger partial charge in [-0.2, -0.15) is 0 Å². The molecule has 2 nitrogen and oxygen atoms in total. The monoisotopic (exact) mass is 970 g/mol. The molecule has 0 aliphatic rings. The first-order chi connectivity index (χ1) is 37.2. The standard InChI is InChI=1S/C72H50N2Si/c1-6-21-51(22-7-1)52-23-18-24-53(45-52)56-39-43-71-67(49-56)68-50-58(57-40-42-70-66(48-57)65-37-16-17-38-69(65)73(70)59-27-8-2-9-28-59)41-44-72(68)74(71)60-29-19-25-54(46-60)55-26-20-36-64(47-55)75(61-30-10-3-11-31-61,62-32-12-4-13-33-62)63-34-14-5-15-35-63/h1-50H. The van der Waals surface area contributed by atoms with Crippen LogP contribution < -0.4 is 20.7 Å². The minimum atomic E-state index is -2.74. The second-order valence-electron chi connectivity index (χ2n) is 19.6. The normalized spacial score (nSPS) is 11.7. The molecule has 0 unspecified atom stereocenters. The zero-order valence-electron chi connectivity index (χ0n) is 41.3. The molecule has 0 atom stereocenters. The van der Waals surface area contributed by atoms with E-state index < -0.39 is 8.07 Å². The van der Waals surface area contributed by atoms with Crippen LogP contribution in [0.25, 0.3) is 99.5 Å². The maximum atomic E-state index is 2.47. The number of benzene rings is 12. The van der Waals surface area contributed by atoms with Crippen LogP contribution in [0.5, 0.6) is 0 Å². The second kappa shape index (κ2) is 18.5. The van der Waals surface area contributed by atoms with Crippen LogP contribution in [0, 0.1) is 0 Å². The molecule has 75 heavy (non-hydrogen) atoms. The molecule has 0 aliphatic carbocycles. The van der Waals surface area contributed by atoms with Crippen molar-refractivity contribution in [3.8, 4) is 55.9 Å². The van der Waals surface area contributed by atoms with Crippen LogP contribution in [-0.2, 0) is 0 Å². The molecule has 12 aromatic carbocycles. The molecule has 0 N–H and O–H groups in total. The number of nitrogens with zero attached hydrogens (tertiary/aromatic N) is 2. The summed E-state index contributed by atoms with van der Waals surface area (Å²) in [5.41, 5.74) is 16.6. The summed E-state index contributed by atoms with van der Waals surface area (Å²) < 4.78 is 4.86. The van der Waals surface area contributed by atoms with Gasteiger partial charge in [-0.15, -0.1) is 0 Å². The molecule has 14 aromatic rings. The number of para-hydroxylation sites is 2. The average Bonchev–Trinajstić information content (AvgIpc) is 4.02. The van der Waals surface area contributed by atoms with Crippen molar-refractivity contribution in [3.05, 3.63) is 303 Å². The van der Waals surface area contributed by atoms with E-state index in [1.54, 1.807) is 0 Å². The Kier molecular flexibility index (Phi) is 10.9. The summed E-state index contributed by atoms with van der Waals surface area (Å²) >= 11 is 0. The lowest BCUT2D eigenvalue weighted by molar-refractivity contribution is 1.18. The minimum absolute atomic E-state index is 1.12. The molecular weight excluding hydrogens is 921 g/mol. The Bertz CT molecular complexity index is 4290. The van der Waals surface area contributed by atoms with Gasteiger partial charge >= 0.3 is 0 Å². The van der Waals surface area contributed by atoms with E-state index in [-0.39, 0.29) is 0 Å². The van der Waals surface area contributed by atoms with Crippen molar-refractivity contribution in [1.82, 2.24) is 9.13 Å². The fourth-order valence-electron chi connectivity index (χ4n) is 12.0. The minimum Gasteiger partial charge on any atom is -0.309 e. The lowest BCUT2D eigenvalue weighted by atomic mass is 9.97.